The SMILES string of the molecule is CC1(C)CC(=O)C2(Cc3ccc(Cl)cc3N3CCC(Cc4ccccc4)CC32)C(=O)C1. The Hall–Kier alpha value is -2.13. The first-order valence-electron chi connectivity index (χ1n) is 11.4. The van der Waals surface area contributed by atoms with E-state index in [-0.39, 0.29) is 23.0 Å². The minimum Gasteiger partial charge on any atom is -0.367 e. The van der Waals surface area contributed by atoms with Crippen LogP contribution < -0.4 is 4.90 Å². The highest BCUT2D eigenvalue weighted by Gasteiger charge is 2.60. The van der Waals surface area contributed by atoms with Crippen molar-refractivity contribution in [2.45, 2.75) is 58.4 Å². The van der Waals surface area contributed by atoms with Crippen molar-refractivity contribution in [3.63, 3.8) is 0 Å². The first-order valence-corrected chi connectivity index (χ1v) is 11.8. The van der Waals surface area contributed by atoms with Gasteiger partial charge in [-0.25, -0.2) is 0 Å². The van der Waals surface area contributed by atoms with Crippen LogP contribution in [0, 0.1) is 16.7 Å². The van der Waals surface area contributed by atoms with Crippen LogP contribution in [0.4, 0.5) is 5.69 Å². The summed E-state index contributed by atoms with van der Waals surface area (Å²) >= 11 is 6.36. The Kier molecular flexibility index (Phi) is 5.01. The first-order chi connectivity index (χ1) is 14.8. The molecule has 2 aliphatic heterocycles. The molecular formula is C27H30ClNO2. The average Bonchev–Trinajstić information content (AvgIpc) is 2.72. The molecule has 162 valence electrons. The third-order valence-corrected chi connectivity index (χ3v) is 7.98. The Balaban J connectivity index is 1.55. The number of Topliss-reactive ketones (excluding diaryl/α,β-unsaturated/α-hetero) is 2. The Bertz CT molecular complexity index is 1010. The molecule has 2 unspecified atom stereocenters. The predicted molar refractivity (Wildman–Crippen MR) is 125 cm³/mol. The zero-order valence-corrected chi connectivity index (χ0v) is 19.1. The normalized spacial score (nSPS) is 26.5. The summed E-state index contributed by atoms with van der Waals surface area (Å²) in [6, 6.07) is 16.4. The fourth-order valence-electron chi connectivity index (χ4n) is 6.27. The van der Waals surface area contributed by atoms with Crippen LogP contribution >= 0.6 is 11.6 Å². The highest BCUT2D eigenvalue weighted by Crippen LogP contribution is 2.53. The van der Waals surface area contributed by atoms with Crippen molar-refractivity contribution in [1.29, 1.82) is 0 Å². The van der Waals surface area contributed by atoms with Gasteiger partial charge in [-0.05, 0) is 60.3 Å². The first kappa shape index (κ1) is 20.8. The van der Waals surface area contributed by atoms with Crippen LogP contribution in [0.1, 0.15) is 50.7 Å². The summed E-state index contributed by atoms with van der Waals surface area (Å²) < 4.78 is 0. The van der Waals surface area contributed by atoms with Gasteiger partial charge in [0.1, 0.15) is 17.0 Å². The minimum atomic E-state index is -0.911. The number of hydrogen-bond donors (Lipinski definition) is 0. The van der Waals surface area contributed by atoms with Crippen molar-refractivity contribution in [3.8, 4) is 0 Å². The molecule has 5 rings (SSSR count). The summed E-state index contributed by atoms with van der Waals surface area (Å²) in [5.41, 5.74) is 2.38. The fraction of sp³-hybridized carbons (Fsp3) is 0.481. The van der Waals surface area contributed by atoms with E-state index < -0.39 is 5.41 Å². The van der Waals surface area contributed by atoms with Crippen LogP contribution in [0.25, 0.3) is 0 Å². The van der Waals surface area contributed by atoms with Gasteiger partial charge < -0.3 is 4.90 Å². The van der Waals surface area contributed by atoms with Crippen molar-refractivity contribution in [3.05, 3.63) is 64.7 Å². The van der Waals surface area contributed by atoms with Crippen LogP contribution in [0.3, 0.4) is 0 Å². The van der Waals surface area contributed by atoms with Gasteiger partial charge in [0.25, 0.3) is 0 Å². The molecular weight excluding hydrogens is 406 g/mol. The maximum Gasteiger partial charge on any atom is 0.149 e. The Morgan fingerprint density at radius 3 is 2.42 bits per heavy atom. The number of carbonyl (C=O) groups is 2. The van der Waals surface area contributed by atoms with E-state index in [0.29, 0.717) is 30.2 Å². The minimum absolute atomic E-state index is 0.0722. The van der Waals surface area contributed by atoms with Gasteiger partial charge >= 0.3 is 0 Å². The van der Waals surface area contributed by atoms with Gasteiger partial charge in [-0.2, -0.15) is 0 Å². The molecule has 0 bridgehead atoms. The highest BCUT2D eigenvalue weighted by atomic mass is 35.5. The number of piperidine rings is 1. The molecule has 0 amide bonds. The molecule has 1 saturated carbocycles. The van der Waals surface area contributed by atoms with Gasteiger partial charge in [0.05, 0.1) is 0 Å². The van der Waals surface area contributed by atoms with Crippen molar-refractivity contribution in [1.82, 2.24) is 0 Å². The van der Waals surface area contributed by atoms with E-state index >= 15 is 0 Å². The molecule has 4 heteroatoms. The second-order valence-corrected chi connectivity index (χ2v) is 11.0. The summed E-state index contributed by atoms with van der Waals surface area (Å²) in [7, 11) is 0. The number of nitrogens with zero attached hydrogens (tertiary/aromatic N) is 1. The van der Waals surface area contributed by atoms with E-state index in [0.717, 1.165) is 37.1 Å². The molecule has 1 aliphatic carbocycles. The largest absolute Gasteiger partial charge is 0.367 e. The van der Waals surface area contributed by atoms with E-state index in [9.17, 15) is 9.59 Å². The van der Waals surface area contributed by atoms with E-state index in [1.54, 1.807) is 0 Å². The summed E-state index contributed by atoms with van der Waals surface area (Å²) in [6.07, 6.45) is 4.41. The van der Waals surface area contributed by atoms with Crippen LogP contribution in [-0.4, -0.2) is 24.2 Å². The predicted octanol–water partition coefficient (Wildman–Crippen LogP) is 5.67. The van der Waals surface area contributed by atoms with E-state index in [4.69, 9.17) is 11.6 Å². The molecule has 2 atom stereocenters. The second-order valence-electron chi connectivity index (χ2n) is 10.6. The van der Waals surface area contributed by atoms with Crippen molar-refractivity contribution in [2.24, 2.45) is 16.7 Å². The zero-order chi connectivity index (χ0) is 21.8. The summed E-state index contributed by atoms with van der Waals surface area (Å²) in [5, 5.41) is 0.710. The summed E-state index contributed by atoms with van der Waals surface area (Å²) in [4.78, 5) is 29.8. The lowest BCUT2D eigenvalue weighted by Gasteiger charge is -2.56. The lowest BCUT2D eigenvalue weighted by atomic mass is 9.55. The summed E-state index contributed by atoms with van der Waals surface area (Å²) in [6.45, 7) is 4.95. The third kappa shape index (κ3) is 3.51. The molecule has 0 aromatic heterocycles. The number of carbonyl (C=O) groups excluding carboxylic acids is 2. The Morgan fingerprint density at radius 1 is 1.00 bits per heavy atom. The number of ketones is 2. The lowest BCUT2D eigenvalue weighted by molar-refractivity contribution is -0.151. The average molecular weight is 436 g/mol. The van der Waals surface area contributed by atoms with Gasteiger partial charge in [0.15, 0.2) is 0 Å². The summed E-state index contributed by atoms with van der Waals surface area (Å²) in [5.74, 6) is 0.756. The smallest absolute Gasteiger partial charge is 0.149 e. The number of rotatable bonds is 2. The number of fused-ring (bicyclic) bond motifs is 4. The molecule has 2 heterocycles. The number of halogens is 1. The molecule has 1 saturated heterocycles. The zero-order valence-electron chi connectivity index (χ0n) is 18.4. The number of benzene rings is 2. The molecule has 2 fully saturated rings. The van der Waals surface area contributed by atoms with Gasteiger partial charge in [0, 0.05) is 36.1 Å². The quantitative estimate of drug-likeness (QED) is 0.570. The van der Waals surface area contributed by atoms with Crippen molar-refractivity contribution < 1.29 is 9.59 Å². The van der Waals surface area contributed by atoms with Gasteiger partial charge in [0.2, 0.25) is 0 Å². The van der Waals surface area contributed by atoms with Crippen LogP contribution in [-0.2, 0) is 22.4 Å². The lowest BCUT2D eigenvalue weighted by Crippen LogP contribution is -2.65. The number of hydrogen-bond acceptors (Lipinski definition) is 3. The number of anilines is 1. The van der Waals surface area contributed by atoms with E-state index in [1.165, 1.54) is 5.56 Å². The van der Waals surface area contributed by atoms with Crippen LogP contribution in [0.2, 0.25) is 5.02 Å². The molecule has 2 aromatic carbocycles. The molecule has 2 aromatic rings. The van der Waals surface area contributed by atoms with Crippen molar-refractivity contribution >= 4 is 28.9 Å². The molecule has 31 heavy (non-hydrogen) atoms. The van der Waals surface area contributed by atoms with Gasteiger partial charge in [-0.15, -0.1) is 0 Å². The third-order valence-electron chi connectivity index (χ3n) is 7.75. The maximum absolute atomic E-state index is 13.7. The van der Waals surface area contributed by atoms with Crippen molar-refractivity contribution in [2.75, 3.05) is 11.4 Å². The topological polar surface area (TPSA) is 37.4 Å². The standard InChI is InChI=1S/C27H30ClNO2/c1-26(2)16-24(30)27(25(31)17-26)15-20-8-9-21(28)14-22(20)29-11-10-19(13-23(27)29)12-18-6-4-3-5-7-18/h3-9,14,19,23H,10-13,15-17H2,1-2H3. The van der Waals surface area contributed by atoms with Gasteiger partial charge in [-0.1, -0.05) is 61.8 Å². The molecule has 3 nitrogen and oxygen atoms in total. The van der Waals surface area contributed by atoms with Crippen LogP contribution in [0.5, 0.6) is 0 Å². The highest BCUT2D eigenvalue weighted by molar-refractivity contribution is 6.31. The monoisotopic (exact) mass is 435 g/mol. The molecule has 3 aliphatic rings. The molecule has 1 spiro atoms. The second kappa shape index (κ2) is 7.48. The van der Waals surface area contributed by atoms with E-state index in [1.807, 2.05) is 38.1 Å². The van der Waals surface area contributed by atoms with E-state index in [2.05, 4.69) is 29.2 Å². The Labute approximate surface area is 189 Å². The fourth-order valence-corrected chi connectivity index (χ4v) is 6.44. The molecule has 0 N–H and O–H groups in total. The maximum atomic E-state index is 13.7. The van der Waals surface area contributed by atoms with Gasteiger partial charge in [-0.3, -0.25) is 9.59 Å². The Morgan fingerprint density at radius 2 is 1.71 bits per heavy atom. The van der Waals surface area contributed by atoms with Crippen LogP contribution in [0.15, 0.2) is 48.5 Å². The molecule has 0 radical (unpaired) electrons.